The van der Waals surface area contributed by atoms with Crippen molar-refractivity contribution >= 4 is 22.4 Å². The summed E-state index contributed by atoms with van der Waals surface area (Å²) in [6.45, 7) is 5.48. The van der Waals surface area contributed by atoms with Crippen molar-refractivity contribution in [1.29, 1.82) is 0 Å². The van der Waals surface area contributed by atoms with Crippen LogP contribution in [0, 0.1) is 0 Å². The van der Waals surface area contributed by atoms with Gasteiger partial charge in [-0.1, -0.05) is 0 Å². The van der Waals surface area contributed by atoms with E-state index in [1.165, 1.54) is 4.57 Å². The summed E-state index contributed by atoms with van der Waals surface area (Å²) >= 11 is 0. The fourth-order valence-electron chi connectivity index (χ4n) is 2.81. The Bertz CT molecular complexity index is 762. The number of pyridine rings is 1. The summed E-state index contributed by atoms with van der Waals surface area (Å²) in [6.07, 6.45) is 1.64. The minimum absolute atomic E-state index is 0.185. The van der Waals surface area contributed by atoms with Gasteiger partial charge in [0.05, 0.1) is 0 Å². The van der Waals surface area contributed by atoms with Crippen molar-refractivity contribution in [3.63, 3.8) is 0 Å². The predicted molar refractivity (Wildman–Crippen MR) is 87.2 cm³/mol. The first-order valence-corrected chi connectivity index (χ1v) is 7.48. The van der Waals surface area contributed by atoms with E-state index in [-0.39, 0.29) is 5.56 Å². The summed E-state index contributed by atoms with van der Waals surface area (Å²) in [7, 11) is 0. The van der Waals surface area contributed by atoms with Gasteiger partial charge in [-0.15, -0.1) is 0 Å². The molecule has 0 aliphatic carbocycles. The highest BCUT2D eigenvalue weighted by Gasteiger charge is 2.15. The third-order valence-electron chi connectivity index (χ3n) is 4.23. The maximum Gasteiger partial charge on any atom is 0.259 e. The third-order valence-corrected chi connectivity index (χ3v) is 4.23. The Morgan fingerprint density at radius 3 is 2.68 bits per heavy atom. The molecule has 2 heterocycles. The molecule has 22 heavy (non-hydrogen) atoms. The molecule has 1 atom stereocenters. The molecule has 1 aliphatic rings. The second-order valence-electron chi connectivity index (χ2n) is 5.62. The standard InChI is InChI=1S/C16H20N4O2/c1-11(15(17)21)20-7-4-12-10-13(2-3-14(12)16(20)22)19-8-5-18-6-9-19/h2-4,7,10-11,18H,5-6,8-9H2,1H3,(H2,17,21). The van der Waals surface area contributed by atoms with E-state index in [2.05, 4.69) is 10.2 Å². The van der Waals surface area contributed by atoms with Gasteiger partial charge < -0.3 is 20.5 Å². The van der Waals surface area contributed by atoms with Gasteiger partial charge in [0.1, 0.15) is 6.04 Å². The van der Waals surface area contributed by atoms with Crippen molar-refractivity contribution in [3.8, 4) is 0 Å². The van der Waals surface area contributed by atoms with E-state index in [9.17, 15) is 9.59 Å². The Morgan fingerprint density at radius 2 is 2.00 bits per heavy atom. The lowest BCUT2D eigenvalue weighted by molar-refractivity contribution is -0.120. The van der Waals surface area contributed by atoms with Crippen LogP contribution in [0.4, 0.5) is 5.69 Å². The van der Waals surface area contributed by atoms with Crippen LogP contribution in [-0.4, -0.2) is 36.7 Å². The average molecular weight is 300 g/mol. The largest absolute Gasteiger partial charge is 0.369 e. The minimum Gasteiger partial charge on any atom is -0.369 e. The molecule has 6 nitrogen and oxygen atoms in total. The van der Waals surface area contributed by atoms with Crippen molar-refractivity contribution < 1.29 is 4.79 Å². The highest BCUT2D eigenvalue weighted by molar-refractivity contribution is 5.86. The van der Waals surface area contributed by atoms with Gasteiger partial charge in [-0.25, -0.2) is 0 Å². The number of amides is 1. The maximum atomic E-state index is 12.5. The number of rotatable bonds is 3. The Morgan fingerprint density at radius 1 is 1.27 bits per heavy atom. The monoisotopic (exact) mass is 300 g/mol. The first-order chi connectivity index (χ1) is 10.6. The highest BCUT2D eigenvalue weighted by atomic mass is 16.2. The molecule has 1 aliphatic heterocycles. The molecule has 116 valence electrons. The molecule has 1 amide bonds. The number of piperazine rings is 1. The van der Waals surface area contributed by atoms with Gasteiger partial charge in [-0.05, 0) is 36.6 Å². The molecule has 3 N–H and O–H groups in total. The van der Waals surface area contributed by atoms with E-state index in [1.807, 2.05) is 24.3 Å². The summed E-state index contributed by atoms with van der Waals surface area (Å²) in [4.78, 5) is 26.1. The van der Waals surface area contributed by atoms with Crippen LogP contribution in [0.1, 0.15) is 13.0 Å². The molecule has 1 fully saturated rings. The summed E-state index contributed by atoms with van der Waals surface area (Å²) < 4.78 is 1.38. The van der Waals surface area contributed by atoms with Crippen molar-refractivity contribution in [2.75, 3.05) is 31.1 Å². The van der Waals surface area contributed by atoms with E-state index in [1.54, 1.807) is 13.1 Å². The number of carbonyl (C=O) groups excluding carboxylic acids is 1. The van der Waals surface area contributed by atoms with Crippen LogP contribution >= 0.6 is 0 Å². The smallest absolute Gasteiger partial charge is 0.259 e. The lowest BCUT2D eigenvalue weighted by Gasteiger charge is -2.29. The van der Waals surface area contributed by atoms with Crippen molar-refractivity contribution in [1.82, 2.24) is 9.88 Å². The second-order valence-corrected chi connectivity index (χ2v) is 5.62. The maximum absolute atomic E-state index is 12.5. The summed E-state index contributed by atoms with van der Waals surface area (Å²) in [5, 5.41) is 4.81. The van der Waals surface area contributed by atoms with E-state index < -0.39 is 11.9 Å². The van der Waals surface area contributed by atoms with Gasteiger partial charge in [0.2, 0.25) is 5.91 Å². The zero-order valence-electron chi connectivity index (χ0n) is 12.6. The first kappa shape index (κ1) is 14.6. The summed E-state index contributed by atoms with van der Waals surface area (Å²) in [6, 6.07) is 7.04. The number of primary amides is 1. The van der Waals surface area contributed by atoms with Gasteiger partial charge in [0, 0.05) is 43.4 Å². The summed E-state index contributed by atoms with van der Waals surface area (Å²) in [5.74, 6) is -0.515. The molecule has 1 unspecified atom stereocenters. The predicted octanol–water partition coefficient (Wildman–Crippen LogP) is 0.457. The normalized spacial score (nSPS) is 16.7. The number of nitrogens with zero attached hydrogens (tertiary/aromatic N) is 2. The number of hydrogen-bond donors (Lipinski definition) is 2. The molecular formula is C16H20N4O2. The van der Waals surface area contributed by atoms with Crippen molar-refractivity contribution in [3.05, 3.63) is 40.8 Å². The number of anilines is 1. The second kappa shape index (κ2) is 5.81. The SMILES string of the molecule is CC(C(N)=O)n1ccc2cc(N3CCNCC3)ccc2c1=O. The third kappa shape index (κ3) is 2.57. The molecule has 2 aromatic rings. The first-order valence-electron chi connectivity index (χ1n) is 7.48. The average Bonchev–Trinajstić information content (AvgIpc) is 2.55. The van der Waals surface area contributed by atoms with Crippen molar-refractivity contribution in [2.45, 2.75) is 13.0 Å². The number of aromatic nitrogens is 1. The molecule has 1 aromatic carbocycles. The molecule has 1 saturated heterocycles. The van der Waals surface area contributed by atoms with E-state index in [0.717, 1.165) is 37.3 Å². The quantitative estimate of drug-likeness (QED) is 0.863. The molecule has 3 rings (SSSR count). The Labute approximate surface area is 128 Å². The fraction of sp³-hybridized carbons (Fsp3) is 0.375. The Hall–Kier alpha value is -2.34. The zero-order chi connectivity index (χ0) is 15.7. The van der Waals surface area contributed by atoms with Gasteiger partial charge in [0.25, 0.3) is 5.56 Å². The van der Waals surface area contributed by atoms with Crippen LogP contribution in [0.3, 0.4) is 0 Å². The number of hydrogen-bond acceptors (Lipinski definition) is 4. The summed E-state index contributed by atoms with van der Waals surface area (Å²) in [5.41, 5.74) is 6.23. The van der Waals surface area contributed by atoms with Gasteiger partial charge in [-0.2, -0.15) is 0 Å². The number of carbonyl (C=O) groups is 1. The van der Waals surface area contributed by atoms with Gasteiger partial charge in [0.15, 0.2) is 0 Å². The molecule has 1 aromatic heterocycles. The van der Waals surface area contributed by atoms with Gasteiger partial charge in [-0.3, -0.25) is 9.59 Å². The van der Waals surface area contributed by atoms with Crippen LogP contribution < -0.4 is 21.5 Å². The Kier molecular flexibility index (Phi) is 3.85. The van der Waals surface area contributed by atoms with E-state index in [4.69, 9.17) is 5.73 Å². The minimum atomic E-state index is -0.648. The van der Waals surface area contributed by atoms with Gasteiger partial charge >= 0.3 is 0 Å². The van der Waals surface area contributed by atoms with Crippen LogP contribution in [0.25, 0.3) is 10.8 Å². The molecule has 0 radical (unpaired) electrons. The number of benzene rings is 1. The topological polar surface area (TPSA) is 80.4 Å². The number of nitrogens with two attached hydrogens (primary N) is 1. The van der Waals surface area contributed by atoms with Crippen LogP contribution in [0.5, 0.6) is 0 Å². The van der Waals surface area contributed by atoms with Crippen LogP contribution in [0.15, 0.2) is 35.3 Å². The van der Waals surface area contributed by atoms with E-state index in [0.29, 0.717) is 5.39 Å². The molecule has 0 bridgehead atoms. The van der Waals surface area contributed by atoms with Crippen LogP contribution in [0.2, 0.25) is 0 Å². The lowest BCUT2D eigenvalue weighted by Crippen LogP contribution is -2.43. The molecule has 0 spiro atoms. The number of fused-ring (bicyclic) bond motifs is 1. The highest BCUT2D eigenvalue weighted by Crippen LogP contribution is 2.21. The van der Waals surface area contributed by atoms with E-state index >= 15 is 0 Å². The zero-order valence-corrected chi connectivity index (χ0v) is 12.6. The van der Waals surface area contributed by atoms with Crippen molar-refractivity contribution in [2.24, 2.45) is 5.73 Å². The molecular weight excluding hydrogens is 280 g/mol. The molecule has 0 saturated carbocycles. The van der Waals surface area contributed by atoms with Crippen LogP contribution in [-0.2, 0) is 4.79 Å². The molecule has 6 heteroatoms. The fourth-order valence-corrected chi connectivity index (χ4v) is 2.81. The number of nitrogens with one attached hydrogen (secondary N) is 1. The Balaban J connectivity index is 2.02. The lowest BCUT2D eigenvalue weighted by atomic mass is 10.1.